The maximum Gasteiger partial charge on any atom is 0.0675 e. The molecular formula is C13H15ClN2S. The van der Waals surface area contributed by atoms with Crippen molar-refractivity contribution in [3.8, 4) is 0 Å². The van der Waals surface area contributed by atoms with E-state index in [2.05, 4.69) is 35.3 Å². The van der Waals surface area contributed by atoms with Crippen molar-refractivity contribution in [1.82, 2.24) is 4.98 Å². The van der Waals surface area contributed by atoms with Crippen LogP contribution in [0.2, 0.25) is 0 Å². The van der Waals surface area contributed by atoms with Gasteiger partial charge in [0.15, 0.2) is 0 Å². The van der Waals surface area contributed by atoms with Crippen molar-refractivity contribution < 1.29 is 0 Å². The van der Waals surface area contributed by atoms with Gasteiger partial charge in [0.05, 0.1) is 5.69 Å². The molecule has 0 saturated carbocycles. The Bertz CT molecular complexity index is 448. The molecule has 0 aliphatic carbocycles. The van der Waals surface area contributed by atoms with Gasteiger partial charge in [-0.2, -0.15) is 0 Å². The summed E-state index contributed by atoms with van der Waals surface area (Å²) in [4.78, 5) is 5.44. The largest absolute Gasteiger partial charge is 0.325 e. The molecule has 0 amide bonds. The van der Waals surface area contributed by atoms with Gasteiger partial charge in [0, 0.05) is 23.4 Å². The average molecular weight is 267 g/mol. The van der Waals surface area contributed by atoms with Gasteiger partial charge in [-0.15, -0.1) is 24.2 Å². The van der Waals surface area contributed by atoms with Gasteiger partial charge in [-0.3, -0.25) is 4.98 Å². The van der Waals surface area contributed by atoms with E-state index in [1.165, 1.54) is 10.5 Å². The number of pyridine rings is 1. The van der Waals surface area contributed by atoms with Crippen LogP contribution in [0.1, 0.15) is 11.3 Å². The van der Waals surface area contributed by atoms with Crippen LogP contribution in [-0.2, 0) is 12.3 Å². The minimum atomic E-state index is 0. The number of nitrogens with zero attached hydrogens (tertiary/aromatic N) is 1. The van der Waals surface area contributed by atoms with E-state index in [4.69, 9.17) is 5.73 Å². The van der Waals surface area contributed by atoms with Gasteiger partial charge in [-0.1, -0.05) is 30.3 Å². The first kappa shape index (κ1) is 14.0. The molecule has 1 heterocycles. The van der Waals surface area contributed by atoms with Crippen molar-refractivity contribution in [3.63, 3.8) is 0 Å². The second-order valence-electron chi connectivity index (χ2n) is 3.43. The zero-order chi connectivity index (χ0) is 11.2. The van der Waals surface area contributed by atoms with E-state index in [1.807, 2.05) is 12.1 Å². The summed E-state index contributed by atoms with van der Waals surface area (Å²) in [6, 6.07) is 14.4. The number of nitrogens with two attached hydrogens (primary N) is 1. The summed E-state index contributed by atoms with van der Waals surface area (Å²) in [6.45, 7) is 0.498. The van der Waals surface area contributed by atoms with E-state index >= 15 is 0 Å². The molecule has 0 atom stereocenters. The number of thioether (sulfide) groups is 1. The summed E-state index contributed by atoms with van der Waals surface area (Å²) >= 11 is 1.78. The lowest BCUT2D eigenvalue weighted by Crippen LogP contribution is -2.00. The maximum absolute atomic E-state index is 5.64. The Morgan fingerprint density at radius 1 is 1.06 bits per heavy atom. The van der Waals surface area contributed by atoms with Crippen molar-refractivity contribution >= 4 is 24.2 Å². The van der Waals surface area contributed by atoms with Crippen LogP contribution >= 0.6 is 24.2 Å². The molecule has 0 spiro atoms. The summed E-state index contributed by atoms with van der Waals surface area (Å²) in [6.07, 6.45) is 1.79. The lowest BCUT2D eigenvalue weighted by atomic mass is 10.2. The second-order valence-corrected chi connectivity index (χ2v) is 4.44. The van der Waals surface area contributed by atoms with Crippen LogP contribution in [0.5, 0.6) is 0 Å². The van der Waals surface area contributed by atoms with E-state index in [0.29, 0.717) is 6.54 Å². The lowest BCUT2D eigenvalue weighted by Gasteiger charge is -2.05. The molecule has 0 aliphatic heterocycles. The molecule has 2 aromatic rings. The minimum Gasteiger partial charge on any atom is -0.325 e. The molecule has 2 nitrogen and oxygen atoms in total. The number of hydrogen-bond acceptors (Lipinski definition) is 3. The van der Waals surface area contributed by atoms with Gasteiger partial charge in [-0.25, -0.2) is 0 Å². The van der Waals surface area contributed by atoms with Crippen LogP contribution < -0.4 is 5.73 Å². The molecule has 4 heteroatoms. The SMILES string of the molecule is Cl.NCc1ncccc1SCc1ccccc1. The summed E-state index contributed by atoms with van der Waals surface area (Å²) < 4.78 is 0. The van der Waals surface area contributed by atoms with Crippen LogP contribution in [0.15, 0.2) is 53.6 Å². The Morgan fingerprint density at radius 3 is 2.53 bits per heavy atom. The van der Waals surface area contributed by atoms with Crippen molar-refractivity contribution in [2.45, 2.75) is 17.2 Å². The third-order valence-electron chi connectivity index (χ3n) is 2.28. The fourth-order valence-corrected chi connectivity index (χ4v) is 2.44. The predicted octanol–water partition coefficient (Wildman–Crippen LogP) is 3.25. The zero-order valence-corrected chi connectivity index (χ0v) is 11.0. The Labute approximate surface area is 112 Å². The van der Waals surface area contributed by atoms with Crippen molar-refractivity contribution in [1.29, 1.82) is 0 Å². The highest BCUT2D eigenvalue weighted by Crippen LogP contribution is 2.24. The van der Waals surface area contributed by atoms with E-state index < -0.39 is 0 Å². The van der Waals surface area contributed by atoms with Crippen LogP contribution in [0.25, 0.3) is 0 Å². The number of rotatable bonds is 4. The van der Waals surface area contributed by atoms with E-state index in [0.717, 1.165) is 11.4 Å². The summed E-state index contributed by atoms with van der Waals surface area (Å²) in [5, 5.41) is 0. The quantitative estimate of drug-likeness (QED) is 0.864. The van der Waals surface area contributed by atoms with Crippen molar-refractivity contribution in [2.24, 2.45) is 5.73 Å². The number of hydrogen-bond donors (Lipinski definition) is 1. The highest BCUT2D eigenvalue weighted by molar-refractivity contribution is 7.98. The molecule has 0 aliphatic rings. The average Bonchev–Trinajstić information content (AvgIpc) is 2.38. The first-order valence-corrected chi connectivity index (χ1v) is 6.19. The normalized spacial score (nSPS) is 9.71. The van der Waals surface area contributed by atoms with Gasteiger partial charge in [-0.05, 0) is 17.7 Å². The van der Waals surface area contributed by atoms with Crippen LogP contribution in [0.4, 0.5) is 0 Å². The smallest absolute Gasteiger partial charge is 0.0675 e. The van der Waals surface area contributed by atoms with E-state index in [-0.39, 0.29) is 12.4 Å². The monoisotopic (exact) mass is 266 g/mol. The van der Waals surface area contributed by atoms with Crippen molar-refractivity contribution in [2.75, 3.05) is 0 Å². The van der Waals surface area contributed by atoms with Gasteiger partial charge in [0.1, 0.15) is 0 Å². The molecule has 17 heavy (non-hydrogen) atoms. The van der Waals surface area contributed by atoms with Crippen LogP contribution in [0, 0.1) is 0 Å². The van der Waals surface area contributed by atoms with E-state index in [9.17, 15) is 0 Å². The molecule has 1 aromatic heterocycles. The van der Waals surface area contributed by atoms with Crippen LogP contribution in [-0.4, -0.2) is 4.98 Å². The fourth-order valence-electron chi connectivity index (χ4n) is 1.44. The summed E-state index contributed by atoms with van der Waals surface area (Å²) in [7, 11) is 0. The fraction of sp³-hybridized carbons (Fsp3) is 0.154. The van der Waals surface area contributed by atoms with Crippen LogP contribution in [0.3, 0.4) is 0 Å². The highest BCUT2D eigenvalue weighted by atomic mass is 35.5. The molecular weight excluding hydrogens is 252 g/mol. The Morgan fingerprint density at radius 2 is 1.82 bits per heavy atom. The zero-order valence-electron chi connectivity index (χ0n) is 9.37. The van der Waals surface area contributed by atoms with Gasteiger partial charge < -0.3 is 5.73 Å². The third-order valence-corrected chi connectivity index (χ3v) is 3.44. The van der Waals surface area contributed by atoms with Gasteiger partial charge in [0.2, 0.25) is 0 Å². The molecule has 1 aromatic carbocycles. The number of halogens is 1. The maximum atomic E-state index is 5.64. The first-order chi connectivity index (χ1) is 7.90. The first-order valence-electron chi connectivity index (χ1n) is 5.21. The molecule has 2 N–H and O–H groups in total. The van der Waals surface area contributed by atoms with Gasteiger partial charge >= 0.3 is 0 Å². The standard InChI is InChI=1S/C13H14N2S.ClH/c14-9-12-13(7-4-8-15-12)16-10-11-5-2-1-3-6-11;/h1-8H,9-10,14H2;1H. The molecule has 0 fully saturated rings. The Balaban J connectivity index is 0.00000144. The summed E-state index contributed by atoms with van der Waals surface area (Å²) in [5.74, 6) is 0.958. The third kappa shape index (κ3) is 4.04. The Hall–Kier alpha value is -1.03. The molecule has 0 radical (unpaired) electrons. The summed E-state index contributed by atoms with van der Waals surface area (Å²) in [5.41, 5.74) is 7.94. The topological polar surface area (TPSA) is 38.9 Å². The lowest BCUT2D eigenvalue weighted by molar-refractivity contribution is 0.943. The molecule has 0 bridgehead atoms. The molecule has 2 rings (SSSR count). The minimum absolute atomic E-state index is 0. The predicted molar refractivity (Wildman–Crippen MR) is 75.4 cm³/mol. The number of aromatic nitrogens is 1. The molecule has 0 unspecified atom stereocenters. The van der Waals surface area contributed by atoms with Gasteiger partial charge in [0.25, 0.3) is 0 Å². The van der Waals surface area contributed by atoms with E-state index in [1.54, 1.807) is 18.0 Å². The second kappa shape index (κ2) is 7.33. The number of benzene rings is 1. The molecule has 0 saturated heterocycles. The Kier molecular flexibility index (Phi) is 6.05. The highest BCUT2D eigenvalue weighted by Gasteiger charge is 2.02. The van der Waals surface area contributed by atoms with Crippen molar-refractivity contribution in [3.05, 3.63) is 59.9 Å². The molecule has 90 valence electrons.